The van der Waals surface area contributed by atoms with Crippen molar-refractivity contribution in [3.8, 4) is 0 Å². The molecule has 2 aromatic carbocycles. The third-order valence-corrected chi connectivity index (χ3v) is 8.58. The molecule has 0 aromatic heterocycles. The van der Waals surface area contributed by atoms with Crippen molar-refractivity contribution in [2.75, 3.05) is 5.32 Å². The van der Waals surface area contributed by atoms with E-state index in [0.29, 0.717) is 22.5 Å². The van der Waals surface area contributed by atoms with Crippen LogP contribution in [0.3, 0.4) is 0 Å². The molecule has 5 nitrogen and oxygen atoms in total. The van der Waals surface area contributed by atoms with Gasteiger partial charge < -0.3 is 5.32 Å². The van der Waals surface area contributed by atoms with Crippen LogP contribution in [-0.2, 0) is 20.8 Å². The number of likely N-dealkylation sites (tertiary alicyclic amines) is 1. The second-order valence-corrected chi connectivity index (χ2v) is 10.8. The van der Waals surface area contributed by atoms with E-state index in [9.17, 15) is 14.4 Å². The van der Waals surface area contributed by atoms with Gasteiger partial charge in [0.05, 0.1) is 22.5 Å². The van der Waals surface area contributed by atoms with Crippen molar-refractivity contribution in [2.24, 2.45) is 35.5 Å². The third kappa shape index (κ3) is 3.38. The Balaban J connectivity index is 1.34. The molecule has 1 N–H and O–H groups in total. The van der Waals surface area contributed by atoms with E-state index >= 15 is 0 Å². The molecule has 7 heteroatoms. The first-order valence-electron chi connectivity index (χ1n) is 11.3. The second kappa shape index (κ2) is 7.81. The Labute approximate surface area is 205 Å². The fraction of sp³-hybridized carbons (Fsp3) is 0.346. The number of rotatable bonds is 5. The minimum atomic E-state index is -0.937. The molecule has 1 aliphatic heterocycles. The molecular formula is C26H22BrClN2O3. The van der Waals surface area contributed by atoms with Crippen molar-refractivity contribution < 1.29 is 14.4 Å². The number of allylic oxidation sites excluding steroid dienone is 2. The van der Waals surface area contributed by atoms with Crippen molar-refractivity contribution in [3.05, 3.63) is 75.7 Å². The van der Waals surface area contributed by atoms with Gasteiger partial charge in [-0.05, 0) is 53.9 Å². The molecule has 7 rings (SSSR count). The van der Waals surface area contributed by atoms with Crippen LogP contribution in [0, 0.1) is 35.5 Å². The summed E-state index contributed by atoms with van der Waals surface area (Å²) in [6.07, 6.45) is 5.64. The SMILES string of the molecule is O=C(Nc1ccc(Br)cc1Cl)[C@H](Cc1ccccc1)N1C(=O)[C@@H]2[C@H]3C=C[C@@H]([C@@H]4C[C@@H]34)[C@H]2C1=O. The molecular weight excluding hydrogens is 504 g/mol. The maximum atomic E-state index is 13.7. The Morgan fingerprint density at radius 2 is 1.67 bits per heavy atom. The molecule has 3 amide bonds. The summed E-state index contributed by atoms with van der Waals surface area (Å²) in [7, 11) is 0. The first-order valence-corrected chi connectivity index (χ1v) is 12.5. The molecule has 33 heavy (non-hydrogen) atoms. The molecule has 3 fully saturated rings. The van der Waals surface area contributed by atoms with Crippen LogP contribution in [0.1, 0.15) is 12.0 Å². The van der Waals surface area contributed by atoms with Crippen molar-refractivity contribution in [1.82, 2.24) is 4.90 Å². The average molecular weight is 526 g/mol. The fourth-order valence-corrected chi connectivity index (χ4v) is 6.95. The van der Waals surface area contributed by atoms with E-state index in [-0.39, 0.29) is 41.9 Å². The smallest absolute Gasteiger partial charge is 0.248 e. The fourth-order valence-electron chi connectivity index (χ4n) is 6.23. The zero-order valence-corrected chi connectivity index (χ0v) is 20.0. The largest absolute Gasteiger partial charge is 0.323 e. The number of imide groups is 1. The van der Waals surface area contributed by atoms with E-state index in [0.717, 1.165) is 16.5 Å². The maximum absolute atomic E-state index is 13.7. The zero-order valence-electron chi connectivity index (χ0n) is 17.7. The molecule has 1 heterocycles. The van der Waals surface area contributed by atoms with Gasteiger partial charge in [-0.25, -0.2) is 0 Å². The summed E-state index contributed by atoms with van der Waals surface area (Å²) in [5, 5.41) is 3.24. The molecule has 0 radical (unpaired) electrons. The van der Waals surface area contributed by atoms with Crippen LogP contribution in [0.5, 0.6) is 0 Å². The number of halogens is 2. The number of amides is 3. The molecule has 4 aliphatic carbocycles. The van der Waals surface area contributed by atoms with Gasteiger partial charge in [0.2, 0.25) is 17.7 Å². The highest BCUT2D eigenvalue weighted by Gasteiger charge is 2.67. The normalized spacial score (nSPS) is 31.9. The van der Waals surface area contributed by atoms with Gasteiger partial charge in [-0.15, -0.1) is 0 Å². The number of nitrogens with one attached hydrogen (secondary N) is 1. The summed E-state index contributed by atoms with van der Waals surface area (Å²) in [6.45, 7) is 0. The summed E-state index contributed by atoms with van der Waals surface area (Å²) < 4.78 is 0.793. The predicted octanol–water partition coefficient (Wildman–Crippen LogP) is 4.71. The van der Waals surface area contributed by atoms with Crippen molar-refractivity contribution in [1.29, 1.82) is 0 Å². The Kier molecular flexibility index (Phi) is 5.00. The lowest BCUT2D eigenvalue weighted by Crippen LogP contribution is -2.49. The predicted molar refractivity (Wildman–Crippen MR) is 128 cm³/mol. The Bertz CT molecular complexity index is 1160. The molecule has 0 spiro atoms. The van der Waals surface area contributed by atoms with E-state index in [1.807, 2.05) is 30.3 Å². The molecule has 7 atom stereocenters. The molecule has 2 bridgehead atoms. The lowest BCUT2D eigenvalue weighted by molar-refractivity contribution is -0.146. The number of hydrogen-bond donors (Lipinski definition) is 1. The minimum absolute atomic E-state index is 0.118. The quantitative estimate of drug-likeness (QED) is 0.454. The Morgan fingerprint density at radius 3 is 2.27 bits per heavy atom. The van der Waals surface area contributed by atoms with E-state index in [4.69, 9.17) is 11.6 Å². The third-order valence-electron chi connectivity index (χ3n) is 7.77. The van der Waals surface area contributed by atoms with Crippen LogP contribution >= 0.6 is 27.5 Å². The summed E-state index contributed by atoms with van der Waals surface area (Å²) in [6, 6.07) is 13.7. The van der Waals surface area contributed by atoms with E-state index in [1.54, 1.807) is 18.2 Å². The number of carbonyl (C=O) groups excluding carboxylic acids is 3. The van der Waals surface area contributed by atoms with Crippen LogP contribution < -0.4 is 5.32 Å². The van der Waals surface area contributed by atoms with Crippen LogP contribution in [0.15, 0.2) is 65.2 Å². The Morgan fingerprint density at radius 1 is 1.03 bits per heavy atom. The summed E-state index contributed by atoms with van der Waals surface area (Å²) in [5.41, 5.74) is 1.33. The number of nitrogens with zero attached hydrogens (tertiary/aromatic N) is 1. The molecule has 168 valence electrons. The molecule has 5 aliphatic rings. The highest BCUT2D eigenvalue weighted by Crippen LogP contribution is 2.65. The molecule has 2 aromatic rings. The first kappa shape index (κ1) is 21.1. The zero-order chi connectivity index (χ0) is 22.9. The van der Waals surface area contributed by atoms with Crippen molar-refractivity contribution in [3.63, 3.8) is 0 Å². The summed E-state index contributed by atoms with van der Waals surface area (Å²) >= 11 is 9.69. The first-order chi connectivity index (χ1) is 15.9. The number of anilines is 1. The number of hydrogen-bond acceptors (Lipinski definition) is 3. The van der Waals surface area contributed by atoms with Crippen molar-refractivity contribution in [2.45, 2.75) is 18.9 Å². The molecule has 1 saturated heterocycles. The van der Waals surface area contributed by atoms with Crippen LogP contribution in [0.25, 0.3) is 0 Å². The van der Waals surface area contributed by atoms with Gasteiger partial charge in [0, 0.05) is 10.9 Å². The Hall–Kier alpha value is -2.44. The van der Waals surface area contributed by atoms with Gasteiger partial charge in [-0.1, -0.05) is 70.0 Å². The summed E-state index contributed by atoms with van der Waals surface area (Å²) in [4.78, 5) is 42.1. The van der Waals surface area contributed by atoms with Gasteiger partial charge in [0.1, 0.15) is 6.04 Å². The van der Waals surface area contributed by atoms with Crippen molar-refractivity contribution >= 4 is 50.9 Å². The highest BCUT2D eigenvalue weighted by atomic mass is 79.9. The minimum Gasteiger partial charge on any atom is -0.323 e. The number of carbonyl (C=O) groups is 3. The van der Waals surface area contributed by atoms with Crippen LogP contribution in [0.4, 0.5) is 5.69 Å². The number of benzene rings is 2. The van der Waals surface area contributed by atoms with E-state index in [2.05, 4.69) is 33.4 Å². The van der Waals surface area contributed by atoms with Crippen LogP contribution in [-0.4, -0.2) is 28.7 Å². The lowest BCUT2D eigenvalue weighted by atomic mass is 9.63. The lowest BCUT2D eigenvalue weighted by Gasteiger charge is -2.37. The van der Waals surface area contributed by atoms with Gasteiger partial charge in [0.25, 0.3) is 0 Å². The highest BCUT2D eigenvalue weighted by molar-refractivity contribution is 9.10. The van der Waals surface area contributed by atoms with Gasteiger partial charge in [0.15, 0.2) is 0 Å². The standard InChI is InChI=1S/C26H22BrClN2O3/c27-14-6-9-20(19(28)11-14)29-24(31)21(10-13-4-2-1-3-5-13)30-25(32)22-15-7-8-16(18-12-17(15)18)23(22)26(30)33/h1-9,11,15-18,21-23H,10,12H2,(H,29,31)/t15-,16-,17-,18-,21-,22+,23+/m0/s1. The topological polar surface area (TPSA) is 66.5 Å². The summed E-state index contributed by atoms with van der Waals surface area (Å²) in [5.74, 6) is -0.214. The van der Waals surface area contributed by atoms with Gasteiger partial charge >= 0.3 is 0 Å². The van der Waals surface area contributed by atoms with Gasteiger partial charge in [-0.3, -0.25) is 19.3 Å². The van der Waals surface area contributed by atoms with E-state index < -0.39 is 11.9 Å². The van der Waals surface area contributed by atoms with Crippen LogP contribution in [0.2, 0.25) is 5.02 Å². The monoisotopic (exact) mass is 524 g/mol. The molecule has 0 unspecified atom stereocenters. The maximum Gasteiger partial charge on any atom is 0.248 e. The average Bonchev–Trinajstić information content (AvgIpc) is 3.59. The van der Waals surface area contributed by atoms with Gasteiger partial charge in [-0.2, -0.15) is 0 Å². The molecule has 2 saturated carbocycles. The van der Waals surface area contributed by atoms with E-state index in [1.165, 1.54) is 4.90 Å². The second-order valence-electron chi connectivity index (χ2n) is 9.52.